The van der Waals surface area contributed by atoms with Crippen molar-refractivity contribution in [3.05, 3.63) is 82.9 Å². The molecule has 0 aliphatic carbocycles. The zero-order valence-electron chi connectivity index (χ0n) is 20.7. The molecule has 1 aliphatic heterocycles. The Kier molecular flexibility index (Phi) is 8.53. The zero-order chi connectivity index (χ0) is 24.6. The lowest BCUT2D eigenvalue weighted by Crippen LogP contribution is -2.24. The molecule has 0 aromatic heterocycles. The molecule has 0 amide bonds. The van der Waals surface area contributed by atoms with Gasteiger partial charge in [0, 0.05) is 30.7 Å². The normalized spacial score (nSPS) is 13.6. The molecule has 0 spiro atoms. The standard InChI is InChI=1S/C29H36N4O2/c1-33(2)19-16-22-7-11-24(12-8-22)32-23-9-5-21(6-10-23)15-18-30-20-28(35)25-13-14-27(34)29-26(25)4-3-17-31-29/h5-14,17,28,30,32,34-35H,3-4,15-16,18-20H2,1-2H3/t28-/m0/s1. The van der Waals surface area contributed by atoms with Gasteiger partial charge in [-0.05, 0) is 98.9 Å². The number of hydrogen-bond donors (Lipinski definition) is 4. The molecule has 0 fully saturated rings. The molecule has 184 valence electrons. The Hall–Kier alpha value is -3.19. The summed E-state index contributed by atoms with van der Waals surface area (Å²) in [7, 11) is 4.19. The number of aliphatic hydroxyl groups is 1. The van der Waals surface area contributed by atoms with Gasteiger partial charge in [-0.2, -0.15) is 0 Å². The molecule has 4 N–H and O–H groups in total. The summed E-state index contributed by atoms with van der Waals surface area (Å²) in [5.41, 5.74) is 7.14. The van der Waals surface area contributed by atoms with Crippen LogP contribution in [0.2, 0.25) is 0 Å². The van der Waals surface area contributed by atoms with E-state index in [4.69, 9.17) is 0 Å². The predicted octanol–water partition coefficient (Wildman–Crippen LogP) is 4.75. The topological polar surface area (TPSA) is 80.1 Å². The van der Waals surface area contributed by atoms with Crippen LogP contribution in [0.25, 0.3) is 0 Å². The highest BCUT2D eigenvalue weighted by Gasteiger charge is 2.19. The molecular formula is C29H36N4O2. The molecule has 35 heavy (non-hydrogen) atoms. The summed E-state index contributed by atoms with van der Waals surface area (Å²) in [5.74, 6) is 0.176. The largest absolute Gasteiger partial charge is 0.506 e. The van der Waals surface area contributed by atoms with Crippen molar-refractivity contribution in [1.29, 1.82) is 0 Å². The Labute approximate surface area is 208 Å². The molecule has 0 unspecified atom stereocenters. The third kappa shape index (κ3) is 6.92. The Morgan fingerprint density at radius 1 is 0.914 bits per heavy atom. The van der Waals surface area contributed by atoms with E-state index in [1.54, 1.807) is 6.07 Å². The van der Waals surface area contributed by atoms with E-state index in [2.05, 4.69) is 83.2 Å². The average Bonchev–Trinajstić information content (AvgIpc) is 2.87. The monoisotopic (exact) mass is 472 g/mol. The van der Waals surface area contributed by atoms with Gasteiger partial charge in [0.2, 0.25) is 0 Å². The van der Waals surface area contributed by atoms with Crippen LogP contribution in [0.5, 0.6) is 5.75 Å². The number of anilines is 2. The molecule has 1 aliphatic rings. The summed E-state index contributed by atoms with van der Waals surface area (Å²) in [4.78, 5) is 6.51. The first kappa shape index (κ1) is 24.9. The second-order valence-electron chi connectivity index (χ2n) is 9.39. The van der Waals surface area contributed by atoms with Crippen molar-refractivity contribution >= 4 is 23.3 Å². The lowest BCUT2D eigenvalue weighted by molar-refractivity contribution is 0.174. The predicted molar refractivity (Wildman–Crippen MR) is 145 cm³/mol. The number of hydrogen-bond acceptors (Lipinski definition) is 6. The minimum Gasteiger partial charge on any atom is -0.506 e. The number of phenols is 1. The second-order valence-corrected chi connectivity index (χ2v) is 9.39. The van der Waals surface area contributed by atoms with E-state index in [1.165, 1.54) is 11.1 Å². The van der Waals surface area contributed by atoms with Gasteiger partial charge < -0.3 is 25.7 Å². The van der Waals surface area contributed by atoms with Gasteiger partial charge in [0.15, 0.2) is 0 Å². The fourth-order valence-electron chi connectivity index (χ4n) is 4.33. The number of nitrogens with zero attached hydrogens (tertiary/aromatic N) is 2. The van der Waals surface area contributed by atoms with Crippen molar-refractivity contribution in [2.75, 3.05) is 39.0 Å². The first-order valence-electron chi connectivity index (χ1n) is 12.4. The molecule has 3 aromatic rings. The van der Waals surface area contributed by atoms with Gasteiger partial charge in [0.1, 0.15) is 11.4 Å². The molecule has 3 aromatic carbocycles. The zero-order valence-corrected chi connectivity index (χ0v) is 20.7. The summed E-state index contributed by atoms with van der Waals surface area (Å²) >= 11 is 0. The molecule has 0 radical (unpaired) electrons. The van der Waals surface area contributed by atoms with Gasteiger partial charge in [0.25, 0.3) is 0 Å². The van der Waals surface area contributed by atoms with Crippen molar-refractivity contribution < 1.29 is 10.2 Å². The Morgan fingerprint density at radius 3 is 2.23 bits per heavy atom. The quantitative estimate of drug-likeness (QED) is 0.303. The summed E-state index contributed by atoms with van der Waals surface area (Å²) in [5, 5.41) is 27.6. The SMILES string of the molecule is CN(C)CCc1ccc(Nc2ccc(CCNC[C@H](O)c3ccc(O)c4c3CCC=N4)cc2)cc1. The molecule has 1 heterocycles. The van der Waals surface area contributed by atoms with E-state index in [0.717, 1.165) is 61.3 Å². The minimum absolute atomic E-state index is 0.176. The number of phenolic OH excluding ortho intramolecular Hbond substituents is 1. The molecule has 6 heteroatoms. The number of benzene rings is 3. The Balaban J connectivity index is 1.22. The maximum absolute atomic E-state index is 10.7. The number of aromatic hydroxyl groups is 1. The van der Waals surface area contributed by atoms with Crippen LogP contribution in [0.3, 0.4) is 0 Å². The van der Waals surface area contributed by atoms with E-state index in [0.29, 0.717) is 12.2 Å². The average molecular weight is 473 g/mol. The number of likely N-dealkylation sites (N-methyl/N-ethyl adjacent to an activating group) is 1. The number of rotatable bonds is 11. The molecule has 4 rings (SSSR count). The van der Waals surface area contributed by atoms with E-state index in [-0.39, 0.29) is 5.75 Å². The Bertz CT molecular complexity index is 1120. The summed E-state index contributed by atoms with van der Waals surface area (Å²) in [6.45, 7) is 2.29. The highest BCUT2D eigenvalue weighted by Crippen LogP contribution is 2.37. The lowest BCUT2D eigenvalue weighted by Gasteiger charge is -2.20. The van der Waals surface area contributed by atoms with Crippen LogP contribution in [0.1, 0.15) is 34.8 Å². The van der Waals surface area contributed by atoms with Crippen LogP contribution >= 0.6 is 0 Å². The highest BCUT2D eigenvalue weighted by molar-refractivity contribution is 5.73. The van der Waals surface area contributed by atoms with E-state index in [9.17, 15) is 10.2 Å². The van der Waals surface area contributed by atoms with Crippen LogP contribution in [0.4, 0.5) is 17.1 Å². The summed E-state index contributed by atoms with van der Waals surface area (Å²) < 4.78 is 0. The summed E-state index contributed by atoms with van der Waals surface area (Å²) in [6, 6.07) is 20.5. The number of aliphatic hydroxyl groups excluding tert-OH is 1. The van der Waals surface area contributed by atoms with Crippen molar-refractivity contribution in [3.8, 4) is 5.75 Å². The van der Waals surface area contributed by atoms with Crippen LogP contribution in [-0.2, 0) is 19.3 Å². The number of nitrogens with one attached hydrogen (secondary N) is 2. The number of aliphatic imine (C=N–C) groups is 1. The third-order valence-corrected chi connectivity index (χ3v) is 6.37. The van der Waals surface area contributed by atoms with Crippen molar-refractivity contribution in [3.63, 3.8) is 0 Å². The molecule has 0 bridgehead atoms. The fourth-order valence-corrected chi connectivity index (χ4v) is 4.33. The second kappa shape index (κ2) is 12.0. The van der Waals surface area contributed by atoms with Gasteiger partial charge in [-0.15, -0.1) is 0 Å². The number of fused-ring (bicyclic) bond motifs is 1. The molecular weight excluding hydrogens is 436 g/mol. The van der Waals surface area contributed by atoms with Gasteiger partial charge >= 0.3 is 0 Å². The van der Waals surface area contributed by atoms with Gasteiger partial charge in [-0.3, -0.25) is 4.99 Å². The van der Waals surface area contributed by atoms with Crippen molar-refractivity contribution in [2.24, 2.45) is 4.99 Å². The first-order valence-corrected chi connectivity index (χ1v) is 12.4. The van der Waals surface area contributed by atoms with Crippen LogP contribution in [0, 0.1) is 0 Å². The minimum atomic E-state index is -0.626. The van der Waals surface area contributed by atoms with Crippen LogP contribution < -0.4 is 10.6 Å². The summed E-state index contributed by atoms with van der Waals surface area (Å²) in [6.07, 6.45) is 4.75. The maximum Gasteiger partial charge on any atom is 0.141 e. The molecule has 0 saturated carbocycles. The molecule has 0 saturated heterocycles. The fraction of sp³-hybridized carbons (Fsp3) is 0.345. The maximum atomic E-state index is 10.7. The highest BCUT2D eigenvalue weighted by atomic mass is 16.3. The van der Waals surface area contributed by atoms with Gasteiger partial charge in [-0.1, -0.05) is 30.3 Å². The van der Waals surface area contributed by atoms with E-state index >= 15 is 0 Å². The van der Waals surface area contributed by atoms with Crippen LogP contribution in [0.15, 0.2) is 65.7 Å². The van der Waals surface area contributed by atoms with E-state index < -0.39 is 6.10 Å². The van der Waals surface area contributed by atoms with Crippen molar-refractivity contribution in [1.82, 2.24) is 10.2 Å². The van der Waals surface area contributed by atoms with Gasteiger partial charge in [-0.25, -0.2) is 0 Å². The van der Waals surface area contributed by atoms with E-state index in [1.807, 2.05) is 12.3 Å². The van der Waals surface area contributed by atoms with Crippen molar-refractivity contribution in [2.45, 2.75) is 31.8 Å². The van der Waals surface area contributed by atoms with Crippen LogP contribution in [-0.4, -0.2) is 55.1 Å². The molecule has 1 atom stereocenters. The van der Waals surface area contributed by atoms with Gasteiger partial charge in [0.05, 0.1) is 6.10 Å². The lowest BCUT2D eigenvalue weighted by atomic mass is 9.95. The third-order valence-electron chi connectivity index (χ3n) is 6.37. The molecule has 6 nitrogen and oxygen atoms in total. The first-order chi connectivity index (χ1) is 17.0. The smallest absolute Gasteiger partial charge is 0.141 e. The Morgan fingerprint density at radius 2 is 1.57 bits per heavy atom.